The van der Waals surface area contributed by atoms with Crippen molar-refractivity contribution in [2.45, 2.75) is 24.7 Å². The first kappa shape index (κ1) is 12.3. The number of aliphatic carboxylic acids is 1. The topological polar surface area (TPSA) is 52.6 Å². The lowest BCUT2D eigenvalue weighted by Crippen LogP contribution is -2.65. The number of alkyl halides is 3. The van der Waals surface area contributed by atoms with Crippen LogP contribution in [0.4, 0.5) is 13.2 Å². The SMILES string of the molecule is CN1CC2CC(C1)N2.O=C(O)C(F)(F)F. The molecular formula is C8H13F3N2O2. The van der Waals surface area contributed by atoms with E-state index in [0.29, 0.717) is 0 Å². The van der Waals surface area contributed by atoms with Gasteiger partial charge >= 0.3 is 12.1 Å². The van der Waals surface area contributed by atoms with Gasteiger partial charge in [-0.15, -0.1) is 0 Å². The largest absolute Gasteiger partial charge is 0.490 e. The molecule has 0 saturated carbocycles. The molecule has 4 nitrogen and oxygen atoms in total. The maximum Gasteiger partial charge on any atom is 0.490 e. The molecule has 2 unspecified atom stereocenters. The number of nitrogens with one attached hydrogen (secondary N) is 1. The minimum absolute atomic E-state index is 0.832. The van der Waals surface area contributed by atoms with E-state index in [1.165, 1.54) is 19.5 Å². The van der Waals surface area contributed by atoms with Gasteiger partial charge < -0.3 is 15.3 Å². The number of piperidine rings is 1. The number of hydrogen-bond acceptors (Lipinski definition) is 3. The van der Waals surface area contributed by atoms with E-state index in [0.717, 1.165) is 12.1 Å². The molecular weight excluding hydrogens is 213 g/mol. The Labute approximate surface area is 85.1 Å². The molecule has 0 spiro atoms. The van der Waals surface area contributed by atoms with E-state index in [2.05, 4.69) is 17.3 Å². The van der Waals surface area contributed by atoms with Gasteiger partial charge in [0.05, 0.1) is 0 Å². The molecule has 2 bridgehead atoms. The second kappa shape index (κ2) is 4.36. The first-order valence-electron chi connectivity index (χ1n) is 4.53. The monoisotopic (exact) mass is 226 g/mol. The summed E-state index contributed by atoms with van der Waals surface area (Å²) < 4.78 is 31.7. The highest BCUT2D eigenvalue weighted by molar-refractivity contribution is 5.73. The Bertz CT molecular complexity index is 229. The second-order valence-electron chi connectivity index (χ2n) is 3.82. The number of carboxylic acids is 1. The zero-order valence-electron chi connectivity index (χ0n) is 8.21. The molecule has 3 saturated heterocycles. The number of piperazine rings is 1. The lowest BCUT2D eigenvalue weighted by molar-refractivity contribution is -0.192. The molecule has 0 aromatic rings. The number of carbonyl (C=O) groups is 1. The summed E-state index contributed by atoms with van der Waals surface area (Å²) in [5.74, 6) is -2.76. The second-order valence-corrected chi connectivity index (χ2v) is 3.82. The Morgan fingerprint density at radius 3 is 1.87 bits per heavy atom. The van der Waals surface area contributed by atoms with Crippen molar-refractivity contribution in [2.24, 2.45) is 0 Å². The summed E-state index contributed by atoms with van der Waals surface area (Å²) in [6.07, 6.45) is -3.66. The van der Waals surface area contributed by atoms with E-state index in [1.54, 1.807) is 0 Å². The molecule has 0 radical (unpaired) electrons. The van der Waals surface area contributed by atoms with Gasteiger partial charge in [-0.2, -0.15) is 13.2 Å². The normalized spacial score (nSPS) is 29.9. The highest BCUT2D eigenvalue weighted by Crippen LogP contribution is 2.18. The predicted octanol–water partition coefficient (Wildman–Crippen LogP) is 0.296. The van der Waals surface area contributed by atoms with E-state index in [9.17, 15) is 13.2 Å². The van der Waals surface area contributed by atoms with Gasteiger partial charge in [-0.3, -0.25) is 0 Å². The average molecular weight is 226 g/mol. The fraction of sp³-hybridized carbons (Fsp3) is 0.875. The van der Waals surface area contributed by atoms with Crippen molar-refractivity contribution in [3.8, 4) is 0 Å². The maximum absolute atomic E-state index is 10.6. The summed E-state index contributed by atoms with van der Waals surface area (Å²) in [5.41, 5.74) is 0. The van der Waals surface area contributed by atoms with Crippen LogP contribution in [0.25, 0.3) is 0 Å². The van der Waals surface area contributed by atoms with Crippen LogP contribution in [0.2, 0.25) is 0 Å². The molecule has 0 aromatic carbocycles. The van der Waals surface area contributed by atoms with Crippen LogP contribution in [-0.4, -0.2) is 54.4 Å². The van der Waals surface area contributed by atoms with Gasteiger partial charge in [-0.1, -0.05) is 0 Å². The number of halogens is 3. The number of likely N-dealkylation sites (N-methyl/N-ethyl adjacent to an activating group) is 1. The van der Waals surface area contributed by atoms with Crippen molar-refractivity contribution < 1.29 is 23.1 Å². The summed E-state index contributed by atoms with van der Waals surface area (Å²) >= 11 is 0. The van der Waals surface area contributed by atoms with Gasteiger partial charge in [0, 0.05) is 25.2 Å². The van der Waals surface area contributed by atoms with E-state index in [4.69, 9.17) is 9.90 Å². The van der Waals surface area contributed by atoms with Crippen molar-refractivity contribution in [3.63, 3.8) is 0 Å². The minimum atomic E-state index is -5.08. The average Bonchev–Trinajstić information content (AvgIpc) is 2.00. The number of rotatable bonds is 0. The van der Waals surface area contributed by atoms with Gasteiger partial charge in [0.15, 0.2) is 0 Å². The standard InChI is InChI=1S/C6H12N2.C2HF3O2/c1-8-3-5-2-6(4-8)7-5;3-2(4,5)1(6)7/h5-7H,2-4H2,1H3;(H,6,7). The van der Waals surface area contributed by atoms with Gasteiger partial charge in [-0.05, 0) is 13.5 Å². The molecule has 3 aliphatic heterocycles. The third-order valence-corrected chi connectivity index (χ3v) is 2.35. The van der Waals surface area contributed by atoms with Crippen LogP contribution in [-0.2, 0) is 4.79 Å². The van der Waals surface area contributed by atoms with Crippen molar-refractivity contribution >= 4 is 5.97 Å². The number of fused-ring (bicyclic) bond motifs is 2. The fourth-order valence-electron chi connectivity index (χ4n) is 1.73. The molecule has 7 heteroatoms. The summed E-state index contributed by atoms with van der Waals surface area (Å²) in [6, 6.07) is 1.66. The molecule has 0 aromatic heterocycles. The molecule has 3 aliphatic rings. The van der Waals surface area contributed by atoms with Gasteiger partial charge in [0.2, 0.25) is 0 Å². The Balaban J connectivity index is 0.000000153. The number of hydrogen-bond donors (Lipinski definition) is 2. The zero-order chi connectivity index (χ0) is 11.6. The van der Waals surface area contributed by atoms with Crippen LogP contribution in [0.5, 0.6) is 0 Å². The molecule has 3 rings (SSSR count). The van der Waals surface area contributed by atoms with Crippen molar-refractivity contribution in [1.82, 2.24) is 10.2 Å². The maximum atomic E-state index is 10.6. The molecule has 15 heavy (non-hydrogen) atoms. The summed E-state index contributed by atoms with van der Waals surface area (Å²) in [6.45, 7) is 2.52. The molecule has 88 valence electrons. The zero-order valence-corrected chi connectivity index (χ0v) is 8.21. The molecule has 0 amide bonds. The van der Waals surface area contributed by atoms with E-state index in [1.807, 2.05) is 0 Å². The summed E-state index contributed by atoms with van der Waals surface area (Å²) in [4.78, 5) is 11.3. The Hall–Kier alpha value is -0.820. The Morgan fingerprint density at radius 2 is 1.73 bits per heavy atom. The molecule has 2 N–H and O–H groups in total. The lowest BCUT2D eigenvalue weighted by atomic mass is 9.92. The van der Waals surface area contributed by atoms with Crippen molar-refractivity contribution in [2.75, 3.05) is 20.1 Å². The smallest absolute Gasteiger partial charge is 0.475 e. The van der Waals surface area contributed by atoms with E-state index >= 15 is 0 Å². The molecule has 3 heterocycles. The van der Waals surface area contributed by atoms with Gasteiger partial charge in [-0.25, -0.2) is 4.79 Å². The first-order chi connectivity index (χ1) is 6.79. The third kappa shape index (κ3) is 3.67. The van der Waals surface area contributed by atoms with Crippen LogP contribution < -0.4 is 5.32 Å². The minimum Gasteiger partial charge on any atom is -0.475 e. The number of carboxylic acid groups (broad SMARTS) is 1. The quantitative estimate of drug-likeness (QED) is 0.623. The van der Waals surface area contributed by atoms with Crippen LogP contribution >= 0.6 is 0 Å². The summed E-state index contributed by atoms with van der Waals surface area (Å²) in [7, 11) is 2.19. The van der Waals surface area contributed by atoms with Crippen molar-refractivity contribution in [3.05, 3.63) is 0 Å². The fourth-order valence-corrected chi connectivity index (χ4v) is 1.73. The third-order valence-electron chi connectivity index (χ3n) is 2.35. The molecule has 0 aliphatic carbocycles. The van der Waals surface area contributed by atoms with Crippen LogP contribution in [0, 0.1) is 0 Å². The van der Waals surface area contributed by atoms with Gasteiger partial charge in [0.1, 0.15) is 0 Å². The van der Waals surface area contributed by atoms with Gasteiger partial charge in [0.25, 0.3) is 0 Å². The predicted molar refractivity (Wildman–Crippen MR) is 46.5 cm³/mol. The van der Waals surface area contributed by atoms with Crippen molar-refractivity contribution in [1.29, 1.82) is 0 Å². The Kier molecular flexibility index (Phi) is 3.56. The number of nitrogens with zero attached hydrogens (tertiary/aromatic N) is 1. The highest BCUT2D eigenvalue weighted by Gasteiger charge is 2.38. The van der Waals surface area contributed by atoms with E-state index in [-0.39, 0.29) is 0 Å². The highest BCUT2D eigenvalue weighted by atomic mass is 19.4. The summed E-state index contributed by atoms with van der Waals surface area (Å²) in [5, 5.41) is 10.6. The Morgan fingerprint density at radius 1 is 1.40 bits per heavy atom. The molecule has 2 atom stereocenters. The first-order valence-corrected chi connectivity index (χ1v) is 4.53. The van der Waals surface area contributed by atoms with Crippen LogP contribution in [0.15, 0.2) is 0 Å². The van der Waals surface area contributed by atoms with Crippen LogP contribution in [0.3, 0.4) is 0 Å². The van der Waals surface area contributed by atoms with Crippen LogP contribution in [0.1, 0.15) is 6.42 Å². The lowest BCUT2D eigenvalue weighted by Gasteiger charge is -2.47. The van der Waals surface area contributed by atoms with E-state index < -0.39 is 12.1 Å². The molecule has 3 fully saturated rings.